The predicted octanol–water partition coefficient (Wildman–Crippen LogP) is 4.97. The van der Waals surface area contributed by atoms with Gasteiger partial charge in [0.05, 0.1) is 20.8 Å². The van der Waals surface area contributed by atoms with Crippen molar-refractivity contribution in [1.29, 1.82) is 0 Å². The Kier molecular flexibility index (Phi) is 2.98. The van der Waals surface area contributed by atoms with Crippen LogP contribution in [0.4, 0.5) is 0 Å². The molecule has 0 atom stereocenters. The van der Waals surface area contributed by atoms with Gasteiger partial charge in [-0.15, -0.1) is 11.3 Å². The summed E-state index contributed by atoms with van der Waals surface area (Å²) < 4.78 is 0. The fraction of sp³-hybridized carbons (Fsp3) is 0.0769. The molecule has 2 heterocycles. The van der Waals surface area contributed by atoms with E-state index in [0.717, 1.165) is 10.4 Å². The van der Waals surface area contributed by atoms with Crippen molar-refractivity contribution in [3.63, 3.8) is 0 Å². The summed E-state index contributed by atoms with van der Waals surface area (Å²) in [6.07, 6.45) is 0. The van der Waals surface area contributed by atoms with E-state index in [0.29, 0.717) is 21.4 Å². The lowest BCUT2D eigenvalue weighted by atomic mass is 10.2. The third-order valence-electron chi connectivity index (χ3n) is 2.59. The van der Waals surface area contributed by atoms with Crippen LogP contribution < -0.4 is 0 Å². The molecule has 1 aromatic carbocycles. The standard InChI is InChI=1S/C13H8Cl2N2S/c1-7-5-6-10(18-7)13-16-9-4-2-3-8(14)11(9)12(15)17-13/h2-6H,1H3. The molecule has 0 aliphatic heterocycles. The normalized spacial score (nSPS) is 11.1. The smallest absolute Gasteiger partial charge is 0.171 e. The van der Waals surface area contributed by atoms with E-state index in [9.17, 15) is 0 Å². The Balaban J connectivity index is 2.28. The number of rotatable bonds is 1. The highest BCUT2D eigenvalue weighted by Gasteiger charge is 2.11. The van der Waals surface area contributed by atoms with Crippen molar-refractivity contribution in [2.75, 3.05) is 0 Å². The highest BCUT2D eigenvalue weighted by molar-refractivity contribution is 7.15. The first-order chi connectivity index (χ1) is 8.65. The van der Waals surface area contributed by atoms with Crippen molar-refractivity contribution in [3.05, 3.63) is 45.4 Å². The van der Waals surface area contributed by atoms with Crippen LogP contribution in [0.15, 0.2) is 30.3 Å². The minimum Gasteiger partial charge on any atom is -0.227 e. The van der Waals surface area contributed by atoms with Crippen LogP contribution in [0, 0.1) is 6.92 Å². The number of nitrogens with zero attached hydrogens (tertiary/aromatic N) is 2. The molecule has 0 aliphatic carbocycles. The Morgan fingerprint density at radius 3 is 2.61 bits per heavy atom. The predicted molar refractivity (Wildman–Crippen MR) is 77.6 cm³/mol. The Morgan fingerprint density at radius 2 is 1.89 bits per heavy atom. The van der Waals surface area contributed by atoms with Gasteiger partial charge in [-0.3, -0.25) is 0 Å². The first kappa shape index (κ1) is 11.9. The fourth-order valence-corrected chi connectivity index (χ4v) is 3.15. The summed E-state index contributed by atoms with van der Waals surface area (Å²) in [4.78, 5) is 11.1. The summed E-state index contributed by atoms with van der Waals surface area (Å²) in [6.45, 7) is 2.05. The average Bonchev–Trinajstić information content (AvgIpc) is 2.75. The molecule has 0 fully saturated rings. The lowest BCUT2D eigenvalue weighted by molar-refractivity contribution is 1.24. The summed E-state index contributed by atoms with van der Waals surface area (Å²) in [5.41, 5.74) is 0.767. The maximum Gasteiger partial charge on any atom is 0.171 e. The van der Waals surface area contributed by atoms with E-state index in [1.165, 1.54) is 4.88 Å². The second kappa shape index (κ2) is 4.50. The van der Waals surface area contributed by atoms with Gasteiger partial charge in [0.2, 0.25) is 0 Å². The minimum atomic E-state index is 0.395. The third-order valence-corrected chi connectivity index (χ3v) is 4.17. The van der Waals surface area contributed by atoms with Gasteiger partial charge in [0.1, 0.15) is 5.15 Å². The van der Waals surface area contributed by atoms with Crippen molar-refractivity contribution in [2.24, 2.45) is 0 Å². The zero-order chi connectivity index (χ0) is 12.7. The molecule has 3 rings (SSSR count). The van der Waals surface area contributed by atoms with Crippen LogP contribution >= 0.6 is 34.5 Å². The highest BCUT2D eigenvalue weighted by atomic mass is 35.5. The number of aryl methyl sites for hydroxylation is 1. The average molecular weight is 295 g/mol. The molecule has 2 nitrogen and oxygen atoms in total. The Morgan fingerprint density at radius 1 is 1.06 bits per heavy atom. The van der Waals surface area contributed by atoms with E-state index < -0.39 is 0 Å². The van der Waals surface area contributed by atoms with Crippen LogP contribution in [0.2, 0.25) is 10.2 Å². The van der Waals surface area contributed by atoms with Gasteiger partial charge in [0.15, 0.2) is 5.82 Å². The zero-order valence-corrected chi connectivity index (χ0v) is 11.8. The number of hydrogen-bond acceptors (Lipinski definition) is 3. The van der Waals surface area contributed by atoms with Crippen molar-refractivity contribution < 1.29 is 0 Å². The maximum atomic E-state index is 6.19. The van der Waals surface area contributed by atoms with Gasteiger partial charge in [0, 0.05) is 4.88 Å². The molecule has 18 heavy (non-hydrogen) atoms. The maximum absolute atomic E-state index is 6.19. The lowest BCUT2D eigenvalue weighted by Gasteiger charge is -2.04. The van der Waals surface area contributed by atoms with Crippen LogP contribution in [0.5, 0.6) is 0 Å². The number of aromatic nitrogens is 2. The summed E-state index contributed by atoms with van der Waals surface area (Å²) in [7, 11) is 0. The zero-order valence-electron chi connectivity index (χ0n) is 9.45. The van der Waals surface area contributed by atoms with Crippen LogP contribution in [0.3, 0.4) is 0 Å². The molecule has 0 saturated carbocycles. The molecule has 5 heteroatoms. The molecular formula is C13H8Cl2N2S. The molecular weight excluding hydrogens is 287 g/mol. The molecule has 0 bridgehead atoms. The number of fused-ring (bicyclic) bond motifs is 1. The molecule has 0 N–H and O–H groups in total. The van der Waals surface area contributed by atoms with E-state index in [2.05, 4.69) is 9.97 Å². The molecule has 0 aliphatic rings. The van der Waals surface area contributed by atoms with E-state index >= 15 is 0 Å². The third kappa shape index (κ3) is 1.99. The molecule has 2 aromatic heterocycles. The number of halogens is 2. The molecule has 0 spiro atoms. The highest BCUT2D eigenvalue weighted by Crippen LogP contribution is 2.32. The van der Waals surface area contributed by atoms with E-state index in [1.54, 1.807) is 17.4 Å². The largest absolute Gasteiger partial charge is 0.227 e. The number of benzene rings is 1. The van der Waals surface area contributed by atoms with Crippen LogP contribution in [0.25, 0.3) is 21.6 Å². The summed E-state index contributed by atoms with van der Waals surface area (Å²) in [6, 6.07) is 9.58. The molecule has 0 unspecified atom stereocenters. The Labute approximate surface area is 118 Å². The van der Waals surface area contributed by atoms with Gasteiger partial charge >= 0.3 is 0 Å². The summed E-state index contributed by atoms with van der Waals surface area (Å²) in [5, 5.41) is 1.68. The van der Waals surface area contributed by atoms with Gasteiger partial charge in [-0.25, -0.2) is 9.97 Å². The first-order valence-electron chi connectivity index (χ1n) is 5.34. The van der Waals surface area contributed by atoms with Gasteiger partial charge in [-0.1, -0.05) is 29.3 Å². The summed E-state index contributed by atoms with van der Waals surface area (Å²) in [5.74, 6) is 0.646. The number of thiophene rings is 1. The monoisotopic (exact) mass is 294 g/mol. The topological polar surface area (TPSA) is 25.8 Å². The van der Waals surface area contributed by atoms with Crippen molar-refractivity contribution in [2.45, 2.75) is 6.92 Å². The van der Waals surface area contributed by atoms with E-state index in [1.807, 2.05) is 31.2 Å². The quantitative estimate of drug-likeness (QED) is 0.592. The Hall–Kier alpha value is -1.16. The SMILES string of the molecule is Cc1ccc(-c2nc(Cl)c3c(Cl)cccc3n2)s1. The van der Waals surface area contributed by atoms with E-state index in [4.69, 9.17) is 23.2 Å². The minimum absolute atomic E-state index is 0.395. The van der Waals surface area contributed by atoms with Gasteiger partial charge in [-0.2, -0.15) is 0 Å². The molecule has 0 amide bonds. The second-order valence-electron chi connectivity index (χ2n) is 3.88. The lowest BCUT2D eigenvalue weighted by Crippen LogP contribution is -1.90. The molecule has 3 aromatic rings. The molecule has 0 saturated heterocycles. The van der Waals surface area contributed by atoms with Gasteiger partial charge in [-0.05, 0) is 31.2 Å². The van der Waals surface area contributed by atoms with Crippen LogP contribution in [0.1, 0.15) is 4.88 Å². The fourth-order valence-electron chi connectivity index (χ4n) is 1.76. The van der Waals surface area contributed by atoms with E-state index in [-0.39, 0.29) is 0 Å². The molecule has 0 radical (unpaired) electrons. The number of hydrogen-bond donors (Lipinski definition) is 0. The summed E-state index contributed by atoms with van der Waals surface area (Å²) >= 11 is 13.9. The Bertz CT molecular complexity index is 737. The van der Waals surface area contributed by atoms with Crippen LogP contribution in [-0.4, -0.2) is 9.97 Å². The van der Waals surface area contributed by atoms with Gasteiger partial charge < -0.3 is 0 Å². The first-order valence-corrected chi connectivity index (χ1v) is 6.91. The van der Waals surface area contributed by atoms with Crippen molar-refractivity contribution in [3.8, 4) is 10.7 Å². The molecule has 90 valence electrons. The van der Waals surface area contributed by atoms with Crippen molar-refractivity contribution >= 4 is 45.4 Å². The van der Waals surface area contributed by atoms with Crippen molar-refractivity contribution in [1.82, 2.24) is 9.97 Å². The van der Waals surface area contributed by atoms with Gasteiger partial charge in [0.25, 0.3) is 0 Å². The van der Waals surface area contributed by atoms with Crippen LogP contribution in [-0.2, 0) is 0 Å². The second-order valence-corrected chi connectivity index (χ2v) is 5.94.